The minimum absolute atomic E-state index is 0.142. The van der Waals surface area contributed by atoms with E-state index < -0.39 is 0 Å². The van der Waals surface area contributed by atoms with Gasteiger partial charge in [0, 0.05) is 5.41 Å². The molecule has 0 spiro atoms. The van der Waals surface area contributed by atoms with Gasteiger partial charge in [-0.1, -0.05) is 201 Å². The molecule has 298 valence electrons. The Morgan fingerprint density at radius 3 is 1.40 bits per heavy atom. The molecule has 11 rings (SSSR count). The fourth-order valence-corrected chi connectivity index (χ4v) is 9.56. The maximum absolute atomic E-state index is 8.79. The topological polar surface area (TPSA) is 46.2 Å². The average molecular weight is 798 g/mol. The predicted molar refractivity (Wildman–Crippen MR) is 263 cm³/mol. The predicted octanol–water partition coefficient (Wildman–Crippen LogP) is 15.9. The summed E-state index contributed by atoms with van der Waals surface area (Å²) in [5, 5.41) is 13.9. The van der Waals surface area contributed by atoms with Gasteiger partial charge in [-0.25, -0.2) is 0 Å². The van der Waals surface area contributed by atoms with Gasteiger partial charge in [0.05, 0.1) is 5.69 Å². The van der Waals surface area contributed by atoms with Crippen LogP contribution >= 0.6 is 0 Å². The lowest BCUT2D eigenvalue weighted by atomic mass is 9.78. The van der Waals surface area contributed by atoms with Crippen LogP contribution in [0.4, 0.5) is 5.69 Å². The van der Waals surface area contributed by atoms with Crippen molar-refractivity contribution in [1.29, 1.82) is 0 Å². The molecular weight excluding hydrogens is 751 g/mol. The molecule has 0 saturated carbocycles. The molecule has 0 bridgehead atoms. The first-order chi connectivity index (χ1) is 30.3. The first kappa shape index (κ1) is 38.5. The quantitative estimate of drug-likeness (QED) is 0.103. The van der Waals surface area contributed by atoms with Crippen molar-refractivity contribution < 1.29 is 5.11 Å². The highest BCUT2D eigenvalue weighted by atomic mass is 16.3. The number of fused-ring (bicyclic) bond motifs is 5. The van der Waals surface area contributed by atoms with Crippen LogP contribution < -0.4 is 5.73 Å². The number of phenolic OH excluding ortho intramolecular Hbond substituents is 1. The van der Waals surface area contributed by atoms with Crippen LogP contribution in [-0.2, 0) is 5.41 Å². The molecule has 0 atom stereocenters. The van der Waals surface area contributed by atoms with Gasteiger partial charge in [-0.3, -0.25) is 0 Å². The van der Waals surface area contributed by atoms with Crippen LogP contribution in [0, 0.1) is 6.92 Å². The van der Waals surface area contributed by atoms with Crippen molar-refractivity contribution in [2.75, 3.05) is 5.73 Å². The SMILES string of the molecule is Cc1ccc(-c2ccc3c(-c4ccccc4-c4ccccc4)c4cc5c(cc4c(-c4ccccc4-c4ccccc4)c3c2)C(C)(C)c2ccccc2-5)cc1.Nc1ccccc1O. The molecule has 62 heavy (non-hydrogen) atoms. The highest BCUT2D eigenvalue weighted by Crippen LogP contribution is 2.54. The Morgan fingerprint density at radius 1 is 0.355 bits per heavy atom. The van der Waals surface area contributed by atoms with Crippen LogP contribution in [0.2, 0.25) is 0 Å². The van der Waals surface area contributed by atoms with E-state index in [9.17, 15) is 0 Å². The van der Waals surface area contributed by atoms with E-state index in [1.165, 1.54) is 105 Å². The van der Waals surface area contributed by atoms with Gasteiger partial charge < -0.3 is 10.8 Å². The number of benzene rings is 10. The molecular formula is C60H47NO. The number of hydrogen-bond acceptors (Lipinski definition) is 2. The van der Waals surface area contributed by atoms with Crippen LogP contribution in [0.25, 0.3) is 88.3 Å². The van der Waals surface area contributed by atoms with Crippen molar-refractivity contribution in [2.24, 2.45) is 0 Å². The van der Waals surface area contributed by atoms with E-state index in [2.05, 4.69) is 209 Å². The summed E-state index contributed by atoms with van der Waals surface area (Å²) in [6, 6.07) is 76.6. The largest absolute Gasteiger partial charge is 0.506 e. The fourth-order valence-electron chi connectivity index (χ4n) is 9.56. The Kier molecular flexibility index (Phi) is 9.77. The molecule has 1 aliphatic carbocycles. The van der Waals surface area contributed by atoms with Crippen molar-refractivity contribution in [2.45, 2.75) is 26.2 Å². The number of para-hydroxylation sites is 2. The second-order valence-corrected chi connectivity index (χ2v) is 16.9. The van der Waals surface area contributed by atoms with Crippen LogP contribution in [0.1, 0.15) is 30.5 Å². The number of aryl methyl sites for hydroxylation is 1. The Balaban J connectivity index is 0.000000518. The third-order valence-corrected chi connectivity index (χ3v) is 12.7. The average Bonchev–Trinajstić information content (AvgIpc) is 3.54. The van der Waals surface area contributed by atoms with E-state index in [1.54, 1.807) is 24.3 Å². The minimum Gasteiger partial charge on any atom is -0.506 e. The smallest absolute Gasteiger partial charge is 0.138 e. The second kappa shape index (κ2) is 15.7. The molecule has 10 aromatic carbocycles. The number of nitrogens with two attached hydrogens (primary N) is 1. The number of nitrogen functional groups attached to an aromatic ring is 1. The molecule has 2 heteroatoms. The van der Waals surface area contributed by atoms with E-state index >= 15 is 0 Å². The fraction of sp³-hybridized carbons (Fsp3) is 0.0667. The summed E-state index contributed by atoms with van der Waals surface area (Å²) < 4.78 is 0. The number of rotatable bonds is 5. The van der Waals surface area contributed by atoms with Gasteiger partial charge in [-0.05, 0) is 137 Å². The monoisotopic (exact) mass is 797 g/mol. The van der Waals surface area contributed by atoms with Crippen molar-refractivity contribution in [3.05, 3.63) is 229 Å². The third-order valence-electron chi connectivity index (χ3n) is 12.7. The van der Waals surface area contributed by atoms with E-state index in [0.29, 0.717) is 5.69 Å². The summed E-state index contributed by atoms with van der Waals surface area (Å²) >= 11 is 0. The Labute approximate surface area is 364 Å². The molecule has 0 saturated heterocycles. The zero-order valence-corrected chi connectivity index (χ0v) is 35.2. The molecule has 0 aromatic heterocycles. The van der Waals surface area contributed by atoms with E-state index in [4.69, 9.17) is 10.8 Å². The van der Waals surface area contributed by atoms with Crippen LogP contribution in [0.15, 0.2) is 212 Å². The molecule has 0 unspecified atom stereocenters. The molecule has 0 radical (unpaired) electrons. The van der Waals surface area contributed by atoms with Gasteiger partial charge in [-0.2, -0.15) is 0 Å². The van der Waals surface area contributed by atoms with Gasteiger partial charge in [0.1, 0.15) is 5.75 Å². The molecule has 0 aliphatic heterocycles. The van der Waals surface area contributed by atoms with Gasteiger partial charge in [0.15, 0.2) is 0 Å². The molecule has 10 aromatic rings. The second-order valence-electron chi connectivity index (χ2n) is 16.9. The molecule has 0 heterocycles. The zero-order valence-electron chi connectivity index (χ0n) is 35.2. The summed E-state index contributed by atoms with van der Waals surface area (Å²) in [5.74, 6) is 0.146. The van der Waals surface area contributed by atoms with Crippen molar-refractivity contribution in [3.8, 4) is 72.5 Å². The maximum Gasteiger partial charge on any atom is 0.138 e. The van der Waals surface area contributed by atoms with E-state index in [-0.39, 0.29) is 11.2 Å². The Morgan fingerprint density at radius 2 is 0.823 bits per heavy atom. The standard InChI is InChI=1S/C54H40.C6H7NO/c1-35-26-28-36(29-27-35)39-30-31-45-47(32-39)53(44-24-13-11-21-41(44)38-18-8-5-9-19-38)49-34-51-46(42-22-14-15-25-50(42)54(51,2)3)33-48(49)52(45)43-23-12-10-20-40(43)37-16-6-4-7-17-37;7-5-3-1-2-4-6(5)8/h4-34H,1-3H3;1-4,8H,7H2. The normalized spacial score (nSPS) is 12.4. The number of aromatic hydroxyl groups is 1. The summed E-state index contributed by atoms with van der Waals surface area (Å²) in [4.78, 5) is 0. The molecule has 2 nitrogen and oxygen atoms in total. The Bertz CT molecular complexity index is 3250. The van der Waals surface area contributed by atoms with Crippen molar-refractivity contribution in [1.82, 2.24) is 0 Å². The van der Waals surface area contributed by atoms with Gasteiger partial charge in [0.2, 0.25) is 0 Å². The molecule has 0 amide bonds. The summed E-state index contributed by atoms with van der Waals surface area (Å²) in [6.07, 6.45) is 0. The highest BCUT2D eigenvalue weighted by Gasteiger charge is 2.36. The van der Waals surface area contributed by atoms with Crippen LogP contribution in [-0.4, -0.2) is 5.11 Å². The third kappa shape index (κ3) is 6.71. The van der Waals surface area contributed by atoms with E-state index in [1.807, 2.05) is 0 Å². The van der Waals surface area contributed by atoms with Gasteiger partial charge >= 0.3 is 0 Å². The maximum atomic E-state index is 8.79. The number of anilines is 1. The van der Waals surface area contributed by atoms with E-state index in [0.717, 1.165) is 0 Å². The number of hydrogen-bond donors (Lipinski definition) is 2. The lowest BCUT2D eigenvalue weighted by Gasteiger charge is -2.25. The highest BCUT2D eigenvalue weighted by molar-refractivity contribution is 6.25. The lowest BCUT2D eigenvalue weighted by Crippen LogP contribution is -2.14. The summed E-state index contributed by atoms with van der Waals surface area (Å²) in [6.45, 7) is 6.94. The Hall–Kier alpha value is -7.68. The van der Waals surface area contributed by atoms with Crippen molar-refractivity contribution >= 4 is 27.2 Å². The summed E-state index contributed by atoms with van der Waals surface area (Å²) in [5.41, 5.74) is 24.7. The molecule has 3 N–H and O–H groups in total. The zero-order chi connectivity index (χ0) is 42.4. The first-order valence-corrected chi connectivity index (χ1v) is 21.4. The summed E-state index contributed by atoms with van der Waals surface area (Å²) in [7, 11) is 0. The van der Waals surface area contributed by atoms with Crippen LogP contribution in [0.3, 0.4) is 0 Å². The van der Waals surface area contributed by atoms with Crippen LogP contribution in [0.5, 0.6) is 5.75 Å². The van der Waals surface area contributed by atoms with Crippen molar-refractivity contribution in [3.63, 3.8) is 0 Å². The van der Waals surface area contributed by atoms with Gasteiger partial charge in [0.25, 0.3) is 0 Å². The minimum atomic E-state index is -0.142. The van der Waals surface area contributed by atoms with Gasteiger partial charge in [-0.15, -0.1) is 0 Å². The molecule has 1 aliphatic rings. The first-order valence-electron chi connectivity index (χ1n) is 21.4. The molecule has 0 fully saturated rings. The lowest BCUT2D eigenvalue weighted by molar-refractivity contribution is 0.478. The number of phenols is 1.